The van der Waals surface area contributed by atoms with Crippen LogP contribution in [0.1, 0.15) is 19.4 Å². The van der Waals surface area contributed by atoms with Crippen LogP contribution in [0.15, 0.2) is 35.7 Å². The zero-order valence-corrected chi connectivity index (χ0v) is 13.2. The number of hydrogen-bond donors (Lipinski definition) is 0. The molecular weight excluding hydrogens is 284 g/mol. The first kappa shape index (κ1) is 14.1. The van der Waals surface area contributed by atoms with Crippen LogP contribution >= 0.6 is 11.8 Å². The summed E-state index contributed by atoms with van der Waals surface area (Å²) in [6.07, 6.45) is 2.57. The molecule has 5 nitrogen and oxygen atoms in total. The SMILES string of the molecule is CC(Sc1nncn1C)C(=O)N1c2ccccc2CC1C. The minimum atomic E-state index is -0.193. The summed E-state index contributed by atoms with van der Waals surface area (Å²) < 4.78 is 1.83. The van der Waals surface area contributed by atoms with Gasteiger partial charge in [0.05, 0.1) is 5.25 Å². The van der Waals surface area contributed by atoms with Gasteiger partial charge in [-0.15, -0.1) is 10.2 Å². The van der Waals surface area contributed by atoms with E-state index in [0.29, 0.717) is 0 Å². The maximum atomic E-state index is 12.8. The highest BCUT2D eigenvalue weighted by atomic mass is 32.2. The number of carbonyl (C=O) groups excluding carboxylic acids is 1. The van der Waals surface area contributed by atoms with Crippen LogP contribution in [0.25, 0.3) is 0 Å². The number of rotatable bonds is 3. The lowest BCUT2D eigenvalue weighted by atomic mass is 10.1. The smallest absolute Gasteiger partial charge is 0.240 e. The number of aromatic nitrogens is 3. The van der Waals surface area contributed by atoms with Crippen molar-refractivity contribution in [2.75, 3.05) is 4.90 Å². The molecule has 3 rings (SSSR count). The van der Waals surface area contributed by atoms with Crippen LogP contribution < -0.4 is 4.90 Å². The van der Waals surface area contributed by atoms with Gasteiger partial charge in [0.2, 0.25) is 5.91 Å². The molecule has 2 heterocycles. The summed E-state index contributed by atoms with van der Waals surface area (Å²) in [5.41, 5.74) is 2.29. The third-order valence-electron chi connectivity index (χ3n) is 3.74. The number of anilines is 1. The van der Waals surface area contributed by atoms with E-state index in [1.54, 1.807) is 6.33 Å². The maximum absolute atomic E-state index is 12.8. The maximum Gasteiger partial charge on any atom is 0.240 e. The van der Waals surface area contributed by atoms with E-state index < -0.39 is 0 Å². The summed E-state index contributed by atoms with van der Waals surface area (Å²) in [7, 11) is 1.88. The Bertz CT molecular complexity index is 669. The third kappa shape index (κ3) is 2.55. The Morgan fingerprint density at radius 3 is 2.90 bits per heavy atom. The van der Waals surface area contributed by atoms with Gasteiger partial charge in [0.25, 0.3) is 0 Å². The molecule has 2 unspecified atom stereocenters. The molecule has 0 saturated heterocycles. The van der Waals surface area contributed by atoms with Gasteiger partial charge in [0.15, 0.2) is 5.16 Å². The lowest BCUT2D eigenvalue weighted by Crippen LogP contribution is -2.40. The third-order valence-corrected chi connectivity index (χ3v) is 4.88. The van der Waals surface area contributed by atoms with Gasteiger partial charge in [0.1, 0.15) is 6.33 Å². The van der Waals surface area contributed by atoms with E-state index >= 15 is 0 Å². The quantitative estimate of drug-likeness (QED) is 0.816. The van der Waals surface area contributed by atoms with Crippen LogP contribution in [0.3, 0.4) is 0 Å². The molecule has 0 N–H and O–H groups in total. The number of carbonyl (C=O) groups is 1. The highest BCUT2D eigenvalue weighted by Gasteiger charge is 2.33. The Balaban J connectivity index is 1.80. The molecular formula is C15H18N4OS. The Hall–Kier alpha value is -1.82. The molecule has 0 radical (unpaired) electrons. The normalized spacial score (nSPS) is 18.6. The van der Waals surface area contributed by atoms with Crippen molar-refractivity contribution in [3.05, 3.63) is 36.2 Å². The van der Waals surface area contributed by atoms with Crippen molar-refractivity contribution in [3.8, 4) is 0 Å². The summed E-state index contributed by atoms with van der Waals surface area (Å²) in [4.78, 5) is 14.7. The largest absolute Gasteiger partial charge is 0.312 e. The van der Waals surface area contributed by atoms with E-state index in [2.05, 4.69) is 23.2 Å². The van der Waals surface area contributed by atoms with Crippen molar-refractivity contribution in [1.82, 2.24) is 14.8 Å². The van der Waals surface area contributed by atoms with Crippen molar-refractivity contribution in [2.45, 2.75) is 36.7 Å². The number of para-hydroxylation sites is 1. The molecule has 0 spiro atoms. The summed E-state index contributed by atoms with van der Waals surface area (Å²) in [6, 6.07) is 8.34. The average Bonchev–Trinajstić information content (AvgIpc) is 3.01. The summed E-state index contributed by atoms with van der Waals surface area (Å²) >= 11 is 1.45. The molecule has 1 aliphatic heterocycles. The van der Waals surface area contributed by atoms with E-state index in [1.807, 2.05) is 41.6 Å². The summed E-state index contributed by atoms with van der Waals surface area (Å²) in [5.74, 6) is 0.125. The predicted molar refractivity (Wildman–Crippen MR) is 83.4 cm³/mol. The summed E-state index contributed by atoms with van der Waals surface area (Å²) in [6.45, 7) is 4.02. The lowest BCUT2D eigenvalue weighted by molar-refractivity contribution is -0.118. The van der Waals surface area contributed by atoms with Crippen LogP contribution in [0.4, 0.5) is 5.69 Å². The highest BCUT2D eigenvalue weighted by Crippen LogP contribution is 2.34. The van der Waals surface area contributed by atoms with Gasteiger partial charge in [-0.05, 0) is 31.9 Å². The predicted octanol–water partition coefficient (Wildman–Crippen LogP) is 2.27. The molecule has 1 aromatic heterocycles. The number of thioether (sulfide) groups is 1. The average molecular weight is 302 g/mol. The number of fused-ring (bicyclic) bond motifs is 1. The first-order valence-corrected chi connectivity index (χ1v) is 7.87. The first-order chi connectivity index (χ1) is 10.1. The highest BCUT2D eigenvalue weighted by molar-refractivity contribution is 8.00. The molecule has 0 bridgehead atoms. The second-order valence-corrected chi connectivity index (χ2v) is 6.68. The van der Waals surface area contributed by atoms with Crippen LogP contribution in [-0.4, -0.2) is 32.0 Å². The van der Waals surface area contributed by atoms with Gasteiger partial charge in [-0.2, -0.15) is 0 Å². The molecule has 6 heteroatoms. The molecule has 0 aliphatic carbocycles. The minimum Gasteiger partial charge on any atom is -0.312 e. The topological polar surface area (TPSA) is 51.0 Å². The molecule has 1 aliphatic rings. The van der Waals surface area contributed by atoms with E-state index in [9.17, 15) is 4.79 Å². The zero-order valence-electron chi connectivity index (χ0n) is 12.4. The molecule has 110 valence electrons. The molecule has 1 aromatic carbocycles. The van der Waals surface area contributed by atoms with E-state index in [4.69, 9.17) is 0 Å². The van der Waals surface area contributed by atoms with E-state index in [1.165, 1.54) is 17.3 Å². The van der Waals surface area contributed by atoms with Crippen molar-refractivity contribution in [2.24, 2.45) is 7.05 Å². The molecule has 1 amide bonds. The first-order valence-electron chi connectivity index (χ1n) is 6.99. The van der Waals surface area contributed by atoms with Gasteiger partial charge < -0.3 is 9.47 Å². The fourth-order valence-electron chi connectivity index (χ4n) is 2.69. The van der Waals surface area contributed by atoms with Crippen molar-refractivity contribution >= 4 is 23.4 Å². The Morgan fingerprint density at radius 1 is 1.43 bits per heavy atom. The fourth-order valence-corrected chi connectivity index (χ4v) is 3.52. The van der Waals surface area contributed by atoms with E-state index in [0.717, 1.165) is 17.3 Å². The van der Waals surface area contributed by atoms with Gasteiger partial charge in [0, 0.05) is 18.8 Å². The van der Waals surface area contributed by atoms with Crippen LogP contribution in [-0.2, 0) is 18.3 Å². The number of amides is 1. The summed E-state index contributed by atoms with van der Waals surface area (Å²) in [5, 5.41) is 8.45. The molecule has 2 atom stereocenters. The molecule has 2 aromatic rings. The number of benzene rings is 1. The van der Waals surface area contributed by atoms with Crippen LogP contribution in [0, 0.1) is 0 Å². The fraction of sp³-hybridized carbons (Fsp3) is 0.400. The number of aryl methyl sites for hydroxylation is 1. The van der Waals surface area contributed by atoms with Crippen LogP contribution in [0.5, 0.6) is 0 Å². The lowest BCUT2D eigenvalue weighted by Gasteiger charge is -2.25. The standard InChI is InChI=1S/C15H18N4OS/c1-10-8-12-6-4-5-7-13(12)19(10)14(20)11(2)21-15-17-16-9-18(15)3/h4-7,9-11H,8H2,1-3H3. The van der Waals surface area contributed by atoms with E-state index in [-0.39, 0.29) is 17.2 Å². The van der Waals surface area contributed by atoms with Gasteiger partial charge in [-0.3, -0.25) is 4.79 Å². The number of hydrogen-bond acceptors (Lipinski definition) is 4. The Kier molecular flexibility index (Phi) is 3.71. The monoisotopic (exact) mass is 302 g/mol. The van der Waals surface area contributed by atoms with Crippen molar-refractivity contribution < 1.29 is 4.79 Å². The van der Waals surface area contributed by atoms with Gasteiger partial charge in [-0.25, -0.2) is 0 Å². The molecule has 0 fully saturated rings. The molecule has 0 saturated carbocycles. The van der Waals surface area contributed by atoms with Crippen molar-refractivity contribution in [3.63, 3.8) is 0 Å². The second-order valence-electron chi connectivity index (χ2n) is 5.37. The van der Waals surface area contributed by atoms with Crippen LogP contribution in [0.2, 0.25) is 0 Å². The minimum absolute atomic E-state index is 0.125. The Labute approximate surface area is 128 Å². The Morgan fingerprint density at radius 2 is 2.19 bits per heavy atom. The second kappa shape index (κ2) is 5.52. The van der Waals surface area contributed by atoms with Gasteiger partial charge >= 0.3 is 0 Å². The molecule has 21 heavy (non-hydrogen) atoms. The van der Waals surface area contributed by atoms with Gasteiger partial charge in [-0.1, -0.05) is 30.0 Å². The zero-order chi connectivity index (χ0) is 15.0. The van der Waals surface area contributed by atoms with Crippen molar-refractivity contribution in [1.29, 1.82) is 0 Å². The number of nitrogens with zero attached hydrogens (tertiary/aromatic N) is 4.